The van der Waals surface area contributed by atoms with Crippen LogP contribution in [0.3, 0.4) is 0 Å². The number of phenolic OH excluding ortho intramolecular Hbond substituents is 1. The molecule has 98 valence electrons. The van der Waals surface area contributed by atoms with Crippen LogP contribution in [0.4, 0.5) is 0 Å². The molecule has 5 nitrogen and oxygen atoms in total. The Hall–Kier alpha value is -1.60. The third-order valence-electron chi connectivity index (χ3n) is 2.17. The minimum Gasteiger partial charge on any atom is -0.506 e. The third-order valence-corrected chi connectivity index (χ3v) is 3.23. The van der Waals surface area contributed by atoms with E-state index in [9.17, 15) is 9.90 Å². The number of hydrazone groups is 1. The quantitative estimate of drug-likeness (QED) is 0.626. The lowest BCUT2D eigenvalue weighted by Gasteiger charge is -2.02. The number of benzene rings is 1. The molecular formula is C12H8Br2N2O3. The molecule has 1 aromatic heterocycles. The number of phenols is 1. The number of halogens is 2. The Kier molecular flexibility index (Phi) is 4.39. The van der Waals surface area contributed by atoms with E-state index in [4.69, 9.17) is 4.42 Å². The average Bonchev–Trinajstić information content (AvgIpc) is 2.88. The molecule has 2 aromatic rings. The van der Waals surface area contributed by atoms with Gasteiger partial charge in [0.2, 0.25) is 0 Å². The zero-order valence-electron chi connectivity index (χ0n) is 9.43. The Morgan fingerprint density at radius 1 is 1.42 bits per heavy atom. The first-order valence-electron chi connectivity index (χ1n) is 5.13. The summed E-state index contributed by atoms with van der Waals surface area (Å²) in [4.78, 5) is 11.5. The molecule has 0 bridgehead atoms. The lowest BCUT2D eigenvalue weighted by Crippen LogP contribution is -2.16. The van der Waals surface area contributed by atoms with Gasteiger partial charge in [-0.25, -0.2) is 5.43 Å². The lowest BCUT2D eigenvalue weighted by atomic mass is 10.2. The lowest BCUT2D eigenvalue weighted by molar-refractivity contribution is 0.0927. The van der Waals surface area contributed by atoms with Crippen LogP contribution in [0, 0.1) is 0 Å². The van der Waals surface area contributed by atoms with Crippen molar-refractivity contribution in [2.24, 2.45) is 5.10 Å². The fourth-order valence-electron chi connectivity index (χ4n) is 1.31. The van der Waals surface area contributed by atoms with Gasteiger partial charge in [0.15, 0.2) is 5.76 Å². The van der Waals surface area contributed by atoms with E-state index in [1.165, 1.54) is 18.5 Å². The van der Waals surface area contributed by atoms with Crippen molar-refractivity contribution in [3.05, 3.63) is 50.8 Å². The molecule has 0 aliphatic carbocycles. The molecule has 0 aliphatic heterocycles. The number of carbonyl (C=O) groups excluding carboxylic acids is 1. The number of aromatic hydroxyl groups is 1. The summed E-state index contributed by atoms with van der Waals surface area (Å²) in [6.45, 7) is 0. The predicted octanol–water partition coefficient (Wildman–Crippen LogP) is 3.27. The molecule has 0 atom stereocenters. The van der Waals surface area contributed by atoms with Crippen LogP contribution in [0.15, 0.2) is 49.0 Å². The zero-order valence-corrected chi connectivity index (χ0v) is 12.6. The molecule has 1 heterocycles. The molecule has 0 saturated heterocycles. The van der Waals surface area contributed by atoms with E-state index in [1.54, 1.807) is 18.2 Å². The molecule has 0 aliphatic rings. The summed E-state index contributed by atoms with van der Waals surface area (Å²) in [7, 11) is 0. The van der Waals surface area contributed by atoms with Gasteiger partial charge < -0.3 is 9.52 Å². The summed E-state index contributed by atoms with van der Waals surface area (Å²) in [5, 5.41) is 13.5. The van der Waals surface area contributed by atoms with Gasteiger partial charge in [-0.1, -0.05) is 15.9 Å². The van der Waals surface area contributed by atoms with Crippen molar-refractivity contribution in [3.63, 3.8) is 0 Å². The van der Waals surface area contributed by atoms with E-state index in [0.717, 1.165) is 4.47 Å². The van der Waals surface area contributed by atoms with Crippen LogP contribution >= 0.6 is 31.9 Å². The first-order valence-corrected chi connectivity index (χ1v) is 6.71. The van der Waals surface area contributed by atoms with Crippen molar-refractivity contribution < 1.29 is 14.3 Å². The Bertz CT molecular complexity index is 624. The van der Waals surface area contributed by atoms with Crippen molar-refractivity contribution >= 4 is 44.0 Å². The molecule has 1 aromatic carbocycles. The van der Waals surface area contributed by atoms with Gasteiger partial charge in [0.1, 0.15) is 5.75 Å². The largest absolute Gasteiger partial charge is 0.506 e. The van der Waals surface area contributed by atoms with Gasteiger partial charge in [-0.2, -0.15) is 5.10 Å². The number of furan rings is 1. The summed E-state index contributed by atoms with van der Waals surface area (Å²) in [6, 6.07) is 6.50. The molecule has 19 heavy (non-hydrogen) atoms. The zero-order chi connectivity index (χ0) is 13.8. The first-order chi connectivity index (χ1) is 9.08. The summed E-state index contributed by atoms with van der Waals surface area (Å²) >= 11 is 6.50. The number of carbonyl (C=O) groups is 1. The van der Waals surface area contributed by atoms with Gasteiger partial charge in [-0.3, -0.25) is 4.79 Å². The highest BCUT2D eigenvalue weighted by Crippen LogP contribution is 2.30. The minimum atomic E-state index is -0.463. The SMILES string of the molecule is O=C(NN=Cc1cc(Br)cc(Br)c1O)c1ccco1. The molecule has 1 amide bonds. The molecular weight excluding hydrogens is 380 g/mol. The number of hydrogen-bond donors (Lipinski definition) is 2. The maximum atomic E-state index is 11.5. The molecule has 0 radical (unpaired) electrons. The molecule has 0 saturated carbocycles. The Morgan fingerprint density at radius 2 is 2.21 bits per heavy atom. The Balaban J connectivity index is 2.09. The van der Waals surface area contributed by atoms with Gasteiger partial charge in [-0.05, 0) is 40.2 Å². The van der Waals surface area contributed by atoms with E-state index in [0.29, 0.717) is 10.0 Å². The molecule has 2 N–H and O–H groups in total. The summed E-state index contributed by atoms with van der Waals surface area (Å²) in [6.07, 6.45) is 2.74. The number of rotatable bonds is 3. The smallest absolute Gasteiger partial charge is 0.307 e. The molecule has 0 unspecified atom stereocenters. The predicted molar refractivity (Wildman–Crippen MR) is 77.3 cm³/mol. The monoisotopic (exact) mass is 386 g/mol. The van der Waals surface area contributed by atoms with E-state index < -0.39 is 5.91 Å². The number of hydrogen-bond acceptors (Lipinski definition) is 4. The fourth-order valence-corrected chi connectivity index (χ4v) is 2.57. The molecule has 2 rings (SSSR count). The highest BCUT2D eigenvalue weighted by atomic mass is 79.9. The van der Waals surface area contributed by atoms with Crippen molar-refractivity contribution in [1.29, 1.82) is 0 Å². The van der Waals surface area contributed by atoms with Crippen LogP contribution in [0.1, 0.15) is 16.1 Å². The van der Waals surface area contributed by atoms with Crippen molar-refractivity contribution in [3.8, 4) is 5.75 Å². The summed E-state index contributed by atoms with van der Waals surface area (Å²) in [5.74, 6) is -0.259. The third kappa shape index (κ3) is 3.45. The van der Waals surface area contributed by atoms with E-state index in [1.807, 2.05) is 0 Å². The maximum absolute atomic E-state index is 11.5. The second-order valence-corrected chi connectivity index (χ2v) is 5.27. The second kappa shape index (κ2) is 6.03. The summed E-state index contributed by atoms with van der Waals surface area (Å²) in [5.41, 5.74) is 2.75. The van der Waals surface area contributed by atoms with Crippen molar-refractivity contribution in [2.45, 2.75) is 0 Å². The second-order valence-electron chi connectivity index (χ2n) is 3.50. The Labute approximate surface area is 125 Å². The van der Waals surface area contributed by atoms with Crippen LogP contribution in [0.5, 0.6) is 5.75 Å². The standard InChI is InChI=1S/C12H8Br2N2O3/c13-8-4-7(11(17)9(14)5-8)6-15-16-12(18)10-2-1-3-19-10/h1-6,17H,(H,16,18). The molecule has 0 spiro atoms. The minimum absolute atomic E-state index is 0.0409. The molecule has 0 fully saturated rings. The van der Waals surface area contributed by atoms with Crippen LogP contribution in [0.2, 0.25) is 0 Å². The first kappa shape index (κ1) is 13.8. The average molecular weight is 388 g/mol. The van der Waals surface area contributed by atoms with Gasteiger partial charge >= 0.3 is 5.91 Å². The van der Waals surface area contributed by atoms with Crippen LogP contribution in [-0.4, -0.2) is 17.2 Å². The van der Waals surface area contributed by atoms with Gasteiger partial charge in [0.05, 0.1) is 17.0 Å². The highest BCUT2D eigenvalue weighted by molar-refractivity contribution is 9.11. The van der Waals surface area contributed by atoms with Crippen LogP contribution in [0.25, 0.3) is 0 Å². The Morgan fingerprint density at radius 3 is 2.89 bits per heavy atom. The van der Waals surface area contributed by atoms with Gasteiger partial charge in [0, 0.05) is 10.0 Å². The van der Waals surface area contributed by atoms with Crippen LogP contribution in [-0.2, 0) is 0 Å². The summed E-state index contributed by atoms with van der Waals surface area (Å²) < 4.78 is 6.21. The number of nitrogens with zero attached hydrogens (tertiary/aromatic N) is 1. The molecule has 7 heteroatoms. The number of nitrogens with one attached hydrogen (secondary N) is 1. The maximum Gasteiger partial charge on any atom is 0.307 e. The van der Waals surface area contributed by atoms with E-state index >= 15 is 0 Å². The van der Waals surface area contributed by atoms with Crippen molar-refractivity contribution in [2.75, 3.05) is 0 Å². The van der Waals surface area contributed by atoms with E-state index in [2.05, 4.69) is 42.4 Å². The topological polar surface area (TPSA) is 74.8 Å². The van der Waals surface area contributed by atoms with Crippen LogP contribution < -0.4 is 5.43 Å². The van der Waals surface area contributed by atoms with Gasteiger partial charge in [0.25, 0.3) is 0 Å². The highest BCUT2D eigenvalue weighted by Gasteiger charge is 2.07. The van der Waals surface area contributed by atoms with E-state index in [-0.39, 0.29) is 11.5 Å². The normalized spacial score (nSPS) is 10.8. The number of amides is 1. The fraction of sp³-hybridized carbons (Fsp3) is 0. The van der Waals surface area contributed by atoms with Crippen molar-refractivity contribution in [1.82, 2.24) is 5.43 Å². The van der Waals surface area contributed by atoms with Gasteiger partial charge in [-0.15, -0.1) is 0 Å².